The molecule has 0 fully saturated rings. The lowest BCUT2D eigenvalue weighted by atomic mass is 9.99. The number of nitrogens with zero attached hydrogens (tertiary/aromatic N) is 3. The highest BCUT2D eigenvalue weighted by Gasteiger charge is 2.13. The van der Waals surface area contributed by atoms with Crippen molar-refractivity contribution >= 4 is 15.9 Å². The molecule has 0 saturated carbocycles. The van der Waals surface area contributed by atoms with E-state index in [2.05, 4.69) is 45.1 Å². The monoisotopic (exact) mass is 308 g/mol. The van der Waals surface area contributed by atoms with Crippen molar-refractivity contribution in [3.8, 4) is 0 Å². The van der Waals surface area contributed by atoms with E-state index in [1.54, 1.807) is 6.33 Å². The fourth-order valence-corrected chi connectivity index (χ4v) is 2.41. The summed E-state index contributed by atoms with van der Waals surface area (Å²) >= 11 is 3.48. The number of hydrogen-bond donors (Lipinski definition) is 1. The van der Waals surface area contributed by atoms with E-state index in [9.17, 15) is 0 Å². The largest absolute Gasteiger partial charge is 0.324 e. The molecule has 0 aliphatic rings. The zero-order chi connectivity index (χ0) is 13.1. The van der Waals surface area contributed by atoms with Crippen LogP contribution < -0.4 is 5.73 Å². The SMILES string of the molecule is CCn1ncnc1CC(N)c1cc(Br)ccc1C. The molecule has 1 aromatic heterocycles. The van der Waals surface area contributed by atoms with Gasteiger partial charge in [-0.1, -0.05) is 22.0 Å². The van der Waals surface area contributed by atoms with Gasteiger partial charge in [-0.25, -0.2) is 4.98 Å². The van der Waals surface area contributed by atoms with E-state index >= 15 is 0 Å². The summed E-state index contributed by atoms with van der Waals surface area (Å²) < 4.78 is 2.93. The number of aromatic nitrogens is 3. The van der Waals surface area contributed by atoms with Gasteiger partial charge in [0.1, 0.15) is 12.2 Å². The molecule has 4 nitrogen and oxygen atoms in total. The summed E-state index contributed by atoms with van der Waals surface area (Å²) in [6, 6.07) is 6.12. The quantitative estimate of drug-likeness (QED) is 0.944. The highest BCUT2D eigenvalue weighted by atomic mass is 79.9. The molecule has 18 heavy (non-hydrogen) atoms. The number of hydrogen-bond acceptors (Lipinski definition) is 3. The van der Waals surface area contributed by atoms with E-state index in [1.807, 2.05) is 17.7 Å². The zero-order valence-electron chi connectivity index (χ0n) is 10.6. The molecule has 0 bridgehead atoms. The Labute approximate surface area is 115 Å². The van der Waals surface area contributed by atoms with E-state index < -0.39 is 0 Å². The van der Waals surface area contributed by atoms with Gasteiger partial charge < -0.3 is 5.73 Å². The van der Waals surface area contributed by atoms with Crippen molar-refractivity contribution < 1.29 is 0 Å². The van der Waals surface area contributed by atoms with Crippen LogP contribution in [0.4, 0.5) is 0 Å². The first-order valence-electron chi connectivity index (χ1n) is 6.00. The summed E-state index contributed by atoms with van der Waals surface area (Å²) in [4.78, 5) is 4.26. The maximum Gasteiger partial charge on any atom is 0.138 e. The second-order valence-electron chi connectivity index (χ2n) is 4.30. The molecule has 0 aliphatic heterocycles. The van der Waals surface area contributed by atoms with E-state index in [0.717, 1.165) is 22.4 Å². The minimum Gasteiger partial charge on any atom is -0.324 e. The third-order valence-electron chi connectivity index (χ3n) is 3.04. The summed E-state index contributed by atoms with van der Waals surface area (Å²) in [5.74, 6) is 0.935. The minimum absolute atomic E-state index is 0.0583. The third-order valence-corrected chi connectivity index (χ3v) is 3.53. The van der Waals surface area contributed by atoms with Crippen molar-refractivity contribution in [2.24, 2.45) is 5.73 Å². The molecule has 0 aliphatic carbocycles. The van der Waals surface area contributed by atoms with E-state index in [0.29, 0.717) is 6.42 Å². The molecular formula is C13H17BrN4. The van der Waals surface area contributed by atoms with Crippen molar-refractivity contribution in [3.63, 3.8) is 0 Å². The molecular weight excluding hydrogens is 292 g/mol. The lowest BCUT2D eigenvalue weighted by molar-refractivity contribution is 0.580. The molecule has 2 rings (SSSR count). The molecule has 0 saturated heterocycles. The Kier molecular flexibility index (Phi) is 4.14. The highest BCUT2D eigenvalue weighted by Crippen LogP contribution is 2.23. The average molecular weight is 309 g/mol. The summed E-state index contributed by atoms with van der Waals surface area (Å²) in [6.07, 6.45) is 2.28. The number of aryl methyl sites for hydroxylation is 2. The van der Waals surface area contributed by atoms with Crippen LogP contribution in [0.5, 0.6) is 0 Å². The molecule has 1 heterocycles. The number of halogens is 1. The zero-order valence-corrected chi connectivity index (χ0v) is 12.2. The van der Waals surface area contributed by atoms with Crippen LogP contribution in [0, 0.1) is 6.92 Å². The summed E-state index contributed by atoms with van der Waals surface area (Å²) in [5.41, 5.74) is 8.63. The maximum atomic E-state index is 6.28. The normalized spacial score (nSPS) is 12.7. The Morgan fingerprint density at radius 2 is 2.22 bits per heavy atom. The third kappa shape index (κ3) is 2.79. The van der Waals surface area contributed by atoms with Gasteiger partial charge in [-0.2, -0.15) is 5.10 Å². The lowest BCUT2D eigenvalue weighted by Gasteiger charge is -2.15. The van der Waals surface area contributed by atoms with Gasteiger partial charge in [0.2, 0.25) is 0 Å². The Morgan fingerprint density at radius 1 is 1.44 bits per heavy atom. The van der Waals surface area contributed by atoms with Gasteiger partial charge in [0.25, 0.3) is 0 Å². The first-order chi connectivity index (χ1) is 8.61. The Balaban J connectivity index is 2.21. The smallest absolute Gasteiger partial charge is 0.138 e. The molecule has 2 N–H and O–H groups in total. The van der Waals surface area contributed by atoms with E-state index in [1.165, 1.54) is 5.56 Å². The van der Waals surface area contributed by atoms with Crippen LogP contribution in [0.3, 0.4) is 0 Å². The predicted molar refractivity (Wildman–Crippen MR) is 75.2 cm³/mol. The molecule has 5 heteroatoms. The van der Waals surface area contributed by atoms with E-state index in [4.69, 9.17) is 5.73 Å². The van der Waals surface area contributed by atoms with Crippen LogP contribution in [-0.4, -0.2) is 14.8 Å². The number of rotatable bonds is 4. The van der Waals surface area contributed by atoms with Crippen LogP contribution in [-0.2, 0) is 13.0 Å². The summed E-state index contributed by atoms with van der Waals surface area (Å²) in [6.45, 7) is 4.94. The molecule has 1 unspecified atom stereocenters. The first kappa shape index (κ1) is 13.2. The Morgan fingerprint density at radius 3 is 2.94 bits per heavy atom. The second kappa shape index (κ2) is 5.63. The van der Waals surface area contributed by atoms with Gasteiger partial charge in [0.15, 0.2) is 0 Å². The maximum absolute atomic E-state index is 6.28. The van der Waals surface area contributed by atoms with Crippen molar-refractivity contribution in [1.82, 2.24) is 14.8 Å². The molecule has 96 valence electrons. The molecule has 0 spiro atoms. The topological polar surface area (TPSA) is 56.7 Å². The minimum atomic E-state index is -0.0583. The van der Waals surface area contributed by atoms with Crippen LogP contribution in [0.1, 0.15) is 29.9 Å². The van der Waals surface area contributed by atoms with Crippen molar-refractivity contribution in [1.29, 1.82) is 0 Å². The first-order valence-corrected chi connectivity index (χ1v) is 6.79. The molecule has 2 aromatic rings. The standard InChI is InChI=1S/C13H17BrN4/c1-3-18-13(16-8-17-18)7-12(15)11-6-10(14)5-4-9(11)2/h4-6,8,12H,3,7,15H2,1-2H3. The van der Waals surface area contributed by atoms with Gasteiger partial charge in [0, 0.05) is 23.5 Å². The van der Waals surface area contributed by atoms with Crippen molar-refractivity contribution in [2.45, 2.75) is 32.9 Å². The van der Waals surface area contributed by atoms with Crippen LogP contribution in [0.15, 0.2) is 29.0 Å². The van der Waals surface area contributed by atoms with E-state index in [-0.39, 0.29) is 6.04 Å². The summed E-state index contributed by atoms with van der Waals surface area (Å²) in [7, 11) is 0. The van der Waals surface area contributed by atoms with Crippen LogP contribution in [0.2, 0.25) is 0 Å². The van der Waals surface area contributed by atoms with Crippen molar-refractivity contribution in [3.05, 3.63) is 46.0 Å². The summed E-state index contributed by atoms with van der Waals surface area (Å²) in [5, 5.41) is 4.16. The fourth-order valence-electron chi connectivity index (χ4n) is 2.03. The van der Waals surface area contributed by atoms with Crippen molar-refractivity contribution in [2.75, 3.05) is 0 Å². The highest BCUT2D eigenvalue weighted by molar-refractivity contribution is 9.10. The fraction of sp³-hybridized carbons (Fsp3) is 0.385. The van der Waals surface area contributed by atoms with Gasteiger partial charge in [0.05, 0.1) is 0 Å². The molecule has 0 radical (unpaired) electrons. The molecule has 1 atom stereocenters. The van der Waals surface area contributed by atoms with Gasteiger partial charge in [-0.05, 0) is 37.1 Å². The number of nitrogens with two attached hydrogens (primary N) is 1. The predicted octanol–water partition coefficient (Wildman–Crippen LogP) is 2.61. The Bertz CT molecular complexity index is 536. The lowest BCUT2D eigenvalue weighted by Crippen LogP contribution is -2.17. The molecule has 1 aromatic carbocycles. The van der Waals surface area contributed by atoms with Gasteiger partial charge in [-0.3, -0.25) is 4.68 Å². The molecule has 0 amide bonds. The van der Waals surface area contributed by atoms with Gasteiger partial charge >= 0.3 is 0 Å². The van der Waals surface area contributed by atoms with Gasteiger partial charge in [-0.15, -0.1) is 0 Å². The second-order valence-corrected chi connectivity index (χ2v) is 5.22. The number of benzene rings is 1. The van der Waals surface area contributed by atoms with Crippen LogP contribution >= 0.6 is 15.9 Å². The van der Waals surface area contributed by atoms with Crippen LogP contribution in [0.25, 0.3) is 0 Å². The average Bonchev–Trinajstić information content (AvgIpc) is 2.79. The Hall–Kier alpha value is -1.20.